The van der Waals surface area contributed by atoms with Crippen LogP contribution in [-0.4, -0.2) is 56.2 Å². The van der Waals surface area contributed by atoms with E-state index in [1.807, 2.05) is 0 Å². The van der Waals surface area contributed by atoms with Gasteiger partial charge < -0.3 is 20.8 Å². The third-order valence-corrected chi connectivity index (χ3v) is 5.29. The zero-order valence-corrected chi connectivity index (χ0v) is 19.2. The molecule has 178 valence electrons. The molecule has 7 nitrogen and oxygen atoms in total. The SMILES string of the molecule is CC(C)(O)CCNc1c(C(=O)NC[C@@H](F)C(C)(C)O)cnn2cc(-c3cccc(F)c3)cc12. The zero-order valence-electron chi connectivity index (χ0n) is 19.2. The number of fused-ring (bicyclic) bond motifs is 1. The highest BCUT2D eigenvalue weighted by atomic mass is 19.1. The van der Waals surface area contributed by atoms with Crippen LogP contribution in [0.15, 0.2) is 42.7 Å². The smallest absolute Gasteiger partial charge is 0.255 e. The molecule has 0 bridgehead atoms. The molecule has 0 radical (unpaired) electrons. The van der Waals surface area contributed by atoms with Crippen LogP contribution in [0.3, 0.4) is 0 Å². The molecule has 0 saturated heterocycles. The predicted molar refractivity (Wildman–Crippen MR) is 124 cm³/mol. The highest BCUT2D eigenvalue weighted by Crippen LogP contribution is 2.29. The van der Waals surface area contributed by atoms with E-state index in [2.05, 4.69) is 15.7 Å². The first kappa shape index (κ1) is 24.6. The van der Waals surface area contributed by atoms with Crippen molar-refractivity contribution < 1.29 is 23.8 Å². The summed E-state index contributed by atoms with van der Waals surface area (Å²) in [7, 11) is 0. The second kappa shape index (κ2) is 9.44. The Hall–Kier alpha value is -3.04. The average molecular weight is 461 g/mol. The summed E-state index contributed by atoms with van der Waals surface area (Å²) in [6.07, 6.45) is 1.84. The summed E-state index contributed by atoms with van der Waals surface area (Å²) in [6.45, 7) is 6.01. The van der Waals surface area contributed by atoms with Gasteiger partial charge in [-0.15, -0.1) is 0 Å². The molecule has 4 N–H and O–H groups in total. The van der Waals surface area contributed by atoms with Gasteiger partial charge in [0.15, 0.2) is 0 Å². The number of aromatic nitrogens is 2. The van der Waals surface area contributed by atoms with Gasteiger partial charge >= 0.3 is 0 Å². The standard InChI is InChI=1S/C24H30F2N4O3/c1-23(2,32)8-9-27-21-18(22(31)28-13-20(26)24(3,4)33)12-29-30-14-16(11-19(21)30)15-6-5-7-17(25)10-15/h5-7,10-12,14,20,27,32-33H,8-9,13H2,1-4H3,(H,28,31)/t20-/m1/s1. The van der Waals surface area contributed by atoms with Gasteiger partial charge in [-0.2, -0.15) is 5.10 Å². The lowest BCUT2D eigenvalue weighted by atomic mass is 10.0. The fourth-order valence-corrected chi connectivity index (χ4v) is 3.26. The number of nitrogens with one attached hydrogen (secondary N) is 2. The quantitative estimate of drug-likeness (QED) is 0.392. The van der Waals surface area contributed by atoms with Crippen LogP contribution < -0.4 is 10.6 Å². The zero-order chi connectivity index (χ0) is 24.4. The number of amides is 1. The third kappa shape index (κ3) is 6.27. The van der Waals surface area contributed by atoms with Gasteiger partial charge in [0.1, 0.15) is 12.0 Å². The van der Waals surface area contributed by atoms with E-state index in [0.717, 1.165) is 0 Å². The van der Waals surface area contributed by atoms with Gasteiger partial charge in [-0.1, -0.05) is 12.1 Å². The number of rotatable bonds is 9. The summed E-state index contributed by atoms with van der Waals surface area (Å²) in [6, 6.07) is 7.92. The van der Waals surface area contributed by atoms with Gasteiger partial charge in [-0.3, -0.25) is 4.79 Å². The van der Waals surface area contributed by atoms with Crippen LogP contribution in [0, 0.1) is 5.82 Å². The number of aliphatic hydroxyl groups is 2. The highest BCUT2D eigenvalue weighted by Gasteiger charge is 2.27. The van der Waals surface area contributed by atoms with E-state index in [1.54, 1.807) is 42.8 Å². The number of carbonyl (C=O) groups is 1. The van der Waals surface area contributed by atoms with Gasteiger partial charge in [0.05, 0.1) is 40.7 Å². The monoisotopic (exact) mass is 460 g/mol. The summed E-state index contributed by atoms with van der Waals surface area (Å²) < 4.78 is 29.4. The van der Waals surface area contributed by atoms with Crippen molar-refractivity contribution in [2.24, 2.45) is 0 Å². The van der Waals surface area contributed by atoms with Crippen LogP contribution in [0.4, 0.5) is 14.5 Å². The Labute approximate surface area is 191 Å². The molecule has 3 rings (SSSR count). The minimum Gasteiger partial charge on any atom is -0.390 e. The first-order valence-electron chi connectivity index (χ1n) is 10.7. The molecule has 0 saturated carbocycles. The van der Waals surface area contributed by atoms with E-state index in [1.165, 1.54) is 32.2 Å². The van der Waals surface area contributed by atoms with E-state index >= 15 is 0 Å². The van der Waals surface area contributed by atoms with Crippen molar-refractivity contribution in [3.8, 4) is 11.1 Å². The fraction of sp³-hybridized carbons (Fsp3) is 0.417. The normalized spacial score (nSPS) is 13.2. The molecule has 0 fully saturated rings. The van der Waals surface area contributed by atoms with Crippen molar-refractivity contribution in [2.75, 3.05) is 18.4 Å². The molecule has 0 aliphatic carbocycles. The van der Waals surface area contributed by atoms with Gasteiger partial charge in [0.2, 0.25) is 0 Å². The number of anilines is 1. The summed E-state index contributed by atoms with van der Waals surface area (Å²) >= 11 is 0. The average Bonchev–Trinajstić information content (AvgIpc) is 3.15. The lowest BCUT2D eigenvalue weighted by Crippen LogP contribution is -2.42. The molecule has 1 atom stereocenters. The molecule has 0 unspecified atom stereocenters. The van der Waals surface area contributed by atoms with Gasteiger partial charge in [-0.05, 0) is 57.9 Å². The molecule has 0 aliphatic heterocycles. The largest absolute Gasteiger partial charge is 0.390 e. The maximum atomic E-state index is 14.1. The maximum absolute atomic E-state index is 14.1. The number of halogens is 2. The molecule has 1 aromatic carbocycles. The molecular formula is C24H30F2N4O3. The van der Waals surface area contributed by atoms with Crippen LogP contribution in [0.1, 0.15) is 44.5 Å². The molecule has 1 amide bonds. The lowest BCUT2D eigenvalue weighted by Gasteiger charge is -2.23. The fourth-order valence-electron chi connectivity index (χ4n) is 3.26. The Balaban J connectivity index is 1.97. The van der Waals surface area contributed by atoms with Gasteiger partial charge in [0, 0.05) is 18.3 Å². The molecule has 2 heterocycles. The van der Waals surface area contributed by atoms with E-state index in [4.69, 9.17) is 0 Å². The number of carbonyl (C=O) groups excluding carboxylic acids is 1. The van der Waals surface area contributed by atoms with Crippen molar-refractivity contribution in [1.82, 2.24) is 14.9 Å². The van der Waals surface area contributed by atoms with Crippen LogP contribution in [-0.2, 0) is 0 Å². The molecule has 9 heteroatoms. The lowest BCUT2D eigenvalue weighted by molar-refractivity contribution is -0.00177. The molecule has 33 heavy (non-hydrogen) atoms. The van der Waals surface area contributed by atoms with Crippen molar-refractivity contribution >= 4 is 17.1 Å². The summed E-state index contributed by atoms with van der Waals surface area (Å²) in [5, 5.41) is 29.8. The van der Waals surface area contributed by atoms with Gasteiger partial charge in [-0.25, -0.2) is 13.3 Å². The summed E-state index contributed by atoms with van der Waals surface area (Å²) in [5.74, 6) is -0.928. The number of nitrogens with zero attached hydrogens (tertiary/aromatic N) is 2. The van der Waals surface area contributed by atoms with Gasteiger partial charge in [0.25, 0.3) is 5.91 Å². The Kier molecular flexibility index (Phi) is 7.04. The van der Waals surface area contributed by atoms with Crippen molar-refractivity contribution in [3.63, 3.8) is 0 Å². The predicted octanol–water partition coefficient (Wildman–Crippen LogP) is 3.55. The Bertz CT molecular complexity index is 1130. The van der Waals surface area contributed by atoms with E-state index < -0.39 is 23.3 Å². The van der Waals surface area contributed by atoms with Crippen LogP contribution in [0.5, 0.6) is 0 Å². The van der Waals surface area contributed by atoms with Crippen molar-refractivity contribution in [3.05, 3.63) is 54.1 Å². The van der Waals surface area contributed by atoms with Crippen molar-refractivity contribution in [1.29, 1.82) is 0 Å². The molecule has 3 aromatic rings. The van der Waals surface area contributed by atoms with E-state index in [9.17, 15) is 23.8 Å². The van der Waals surface area contributed by atoms with Crippen molar-refractivity contribution in [2.45, 2.75) is 51.5 Å². The topological polar surface area (TPSA) is 98.9 Å². The Morgan fingerprint density at radius 2 is 1.91 bits per heavy atom. The van der Waals surface area contributed by atoms with Crippen LogP contribution >= 0.6 is 0 Å². The van der Waals surface area contributed by atoms with Crippen LogP contribution in [0.25, 0.3) is 16.6 Å². The molecule has 2 aromatic heterocycles. The minimum atomic E-state index is -1.65. The van der Waals surface area contributed by atoms with E-state index in [-0.39, 0.29) is 17.9 Å². The first-order valence-corrected chi connectivity index (χ1v) is 10.7. The number of alkyl halides is 1. The second-order valence-electron chi connectivity index (χ2n) is 9.32. The molecule has 0 aliphatic rings. The molecular weight excluding hydrogens is 430 g/mol. The Morgan fingerprint density at radius 3 is 2.55 bits per heavy atom. The van der Waals surface area contributed by atoms with Crippen LogP contribution in [0.2, 0.25) is 0 Å². The number of benzene rings is 1. The summed E-state index contributed by atoms with van der Waals surface area (Å²) in [5.41, 5.74) is 0.0529. The number of hydrogen-bond donors (Lipinski definition) is 4. The summed E-state index contributed by atoms with van der Waals surface area (Å²) in [4.78, 5) is 12.9. The molecule has 0 spiro atoms. The minimum absolute atomic E-state index is 0.185. The Morgan fingerprint density at radius 1 is 1.18 bits per heavy atom. The maximum Gasteiger partial charge on any atom is 0.255 e. The van der Waals surface area contributed by atoms with E-state index in [0.29, 0.717) is 35.3 Å². The highest BCUT2D eigenvalue weighted by molar-refractivity contribution is 6.03. The third-order valence-electron chi connectivity index (χ3n) is 5.29. The first-order chi connectivity index (χ1) is 15.3. The number of hydrogen-bond acceptors (Lipinski definition) is 5. The second-order valence-corrected chi connectivity index (χ2v) is 9.32.